The monoisotopic (exact) mass is 286 g/mol. The summed E-state index contributed by atoms with van der Waals surface area (Å²) in [5.41, 5.74) is 0. The first-order valence-corrected chi connectivity index (χ1v) is 8.15. The molecule has 0 saturated heterocycles. The highest BCUT2D eigenvalue weighted by molar-refractivity contribution is 7.86. The van der Waals surface area contributed by atoms with Crippen LogP contribution in [0.1, 0.15) is 45.4 Å². The van der Waals surface area contributed by atoms with Crippen LogP contribution in [0.25, 0.3) is 0 Å². The van der Waals surface area contributed by atoms with Crippen molar-refractivity contribution in [1.29, 1.82) is 0 Å². The molecule has 1 aromatic carbocycles. The molecule has 19 heavy (non-hydrogen) atoms. The Bertz CT molecular complexity index is 451. The number of hydrogen-bond donors (Lipinski definition) is 1. The molecule has 0 heterocycles. The highest BCUT2D eigenvalue weighted by Crippen LogP contribution is 2.17. The van der Waals surface area contributed by atoms with Crippen molar-refractivity contribution in [3.05, 3.63) is 24.3 Å². The summed E-state index contributed by atoms with van der Waals surface area (Å²) in [6.45, 7) is 2.38. The van der Waals surface area contributed by atoms with E-state index in [1.807, 2.05) is 0 Å². The topological polar surface area (TPSA) is 63.6 Å². The van der Waals surface area contributed by atoms with Gasteiger partial charge in [-0.1, -0.05) is 39.0 Å². The van der Waals surface area contributed by atoms with Crippen LogP contribution in [0.15, 0.2) is 29.2 Å². The van der Waals surface area contributed by atoms with Crippen LogP contribution in [0.5, 0.6) is 5.75 Å². The quantitative estimate of drug-likeness (QED) is 0.558. The maximum Gasteiger partial charge on any atom is 0.296 e. The van der Waals surface area contributed by atoms with Crippen molar-refractivity contribution < 1.29 is 17.7 Å². The predicted octanol–water partition coefficient (Wildman–Crippen LogP) is 3.46. The van der Waals surface area contributed by atoms with E-state index >= 15 is 0 Å². The summed E-state index contributed by atoms with van der Waals surface area (Å²) >= 11 is 0. The van der Waals surface area contributed by atoms with Gasteiger partial charge in [-0.05, 0) is 30.7 Å². The molecule has 0 spiro atoms. The molecule has 0 aromatic heterocycles. The molecular formula is C14H22O4S. The van der Waals surface area contributed by atoms with E-state index in [1.54, 1.807) is 0 Å². The molecule has 0 aliphatic heterocycles. The van der Waals surface area contributed by atoms with Crippen molar-refractivity contribution in [2.24, 2.45) is 0 Å². The Hall–Kier alpha value is -1.07. The van der Waals surface area contributed by atoms with Crippen molar-refractivity contribution in [3.63, 3.8) is 0 Å². The van der Waals surface area contributed by atoms with E-state index < -0.39 is 10.1 Å². The zero-order valence-corrected chi connectivity index (χ0v) is 12.2. The van der Waals surface area contributed by atoms with Crippen LogP contribution in [-0.2, 0) is 14.3 Å². The van der Waals surface area contributed by atoms with Gasteiger partial charge in [0.25, 0.3) is 10.1 Å². The average molecular weight is 286 g/mol. The summed E-state index contributed by atoms with van der Waals surface area (Å²) in [6.07, 6.45) is 6.49. The van der Waals surface area contributed by atoms with Gasteiger partial charge in [0.2, 0.25) is 0 Å². The largest absolute Gasteiger partial charge is 0.508 e. The zero-order chi connectivity index (χ0) is 14.1. The Balaban J connectivity index is 2.29. The lowest BCUT2D eigenvalue weighted by Crippen LogP contribution is -2.07. The molecule has 0 aliphatic carbocycles. The second-order valence-corrected chi connectivity index (χ2v) is 6.15. The maximum atomic E-state index is 11.8. The smallest absolute Gasteiger partial charge is 0.296 e. The minimum atomic E-state index is -3.69. The van der Waals surface area contributed by atoms with E-state index in [-0.39, 0.29) is 17.3 Å². The van der Waals surface area contributed by atoms with E-state index in [1.165, 1.54) is 43.5 Å². The van der Waals surface area contributed by atoms with Crippen molar-refractivity contribution in [2.75, 3.05) is 6.61 Å². The Morgan fingerprint density at radius 3 is 2.21 bits per heavy atom. The van der Waals surface area contributed by atoms with E-state index in [2.05, 4.69) is 6.92 Å². The molecule has 1 aromatic rings. The zero-order valence-electron chi connectivity index (χ0n) is 11.3. The standard InChI is InChI=1S/C14H22O4S/c1-2-3-4-5-6-7-12-18-19(16,17)14-10-8-13(15)9-11-14/h8-11,15H,2-7,12H2,1H3. The molecule has 0 radical (unpaired) electrons. The van der Waals surface area contributed by atoms with E-state index in [4.69, 9.17) is 9.29 Å². The lowest BCUT2D eigenvalue weighted by molar-refractivity contribution is 0.306. The fraction of sp³-hybridized carbons (Fsp3) is 0.571. The van der Waals surface area contributed by atoms with Crippen molar-refractivity contribution in [1.82, 2.24) is 0 Å². The van der Waals surface area contributed by atoms with Gasteiger partial charge in [-0.25, -0.2) is 0 Å². The summed E-state index contributed by atoms with van der Waals surface area (Å²) in [7, 11) is -3.69. The SMILES string of the molecule is CCCCCCCCOS(=O)(=O)c1ccc(O)cc1. The second-order valence-electron chi connectivity index (χ2n) is 4.54. The maximum absolute atomic E-state index is 11.8. The molecule has 108 valence electrons. The van der Waals surface area contributed by atoms with Gasteiger partial charge in [-0.15, -0.1) is 0 Å². The number of rotatable bonds is 9. The van der Waals surface area contributed by atoms with Crippen LogP contribution in [0.2, 0.25) is 0 Å². The van der Waals surface area contributed by atoms with Gasteiger partial charge < -0.3 is 5.11 Å². The van der Waals surface area contributed by atoms with Gasteiger partial charge in [0.15, 0.2) is 0 Å². The van der Waals surface area contributed by atoms with E-state index in [0.717, 1.165) is 19.3 Å². The lowest BCUT2D eigenvalue weighted by atomic mass is 10.1. The summed E-state index contributed by atoms with van der Waals surface area (Å²) < 4.78 is 28.5. The number of benzene rings is 1. The summed E-state index contributed by atoms with van der Waals surface area (Å²) in [6, 6.07) is 5.35. The molecule has 0 fully saturated rings. The Kier molecular flexibility index (Phi) is 6.87. The second kappa shape index (κ2) is 8.17. The third-order valence-electron chi connectivity index (χ3n) is 2.86. The molecule has 5 heteroatoms. The Morgan fingerprint density at radius 2 is 1.58 bits per heavy atom. The third kappa shape index (κ3) is 6.07. The fourth-order valence-electron chi connectivity index (χ4n) is 1.73. The van der Waals surface area contributed by atoms with Crippen LogP contribution in [-0.4, -0.2) is 20.1 Å². The third-order valence-corrected chi connectivity index (χ3v) is 4.19. The average Bonchev–Trinajstić information content (AvgIpc) is 2.38. The van der Waals surface area contributed by atoms with Crippen LogP contribution in [0, 0.1) is 0 Å². The lowest BCUT2D eigenvalue weighted by Gasteiger charge is -2.05. The highest BCUT2D eigenvalue weighted by atomic mass is 32.2. The minimum Gasteiger partial charge on any atom is -0.508 e. The molecule has 0 aliphatic rings. The van der Waals surface area contributed by atoms with Gasteiger partial charge in [-0.3, -0.25) is 4.18 Å². The van der Waals surface area contributed by atoms with Crippen molar-refractivity contribution in [3.8, 4) is 5.75 Å². The first-order chi connectivity index (χ1) is 9.06. The molecule has 4 nitrogen and oxygen atoms in total. The molecule has 0 unspecified atom stereocenters. The minimum absolute atomic E-state index is 0.0369. The molecule has 1 N–H and O–H groups in total. The molecule has 0 amide bonds. The normalized spacial score (nSPS) is 11.6. The molecule has 0 saturated carbocycles. The van der Waals surface area contributed by atoms with Crippen molar-refractivity contribution in [2.45, 2.75) is 50.3 Å². The van der Waals surface area contributed by atoms with Crippen LogP contribution in [0.3, 0.4) is 0 Å². The fourth-order valence-corrected chi connectivity index (χ4v) is 2.67. The van der Waals surface area contributed by atoms with Crippen LogP contribution < -0.4 is 0 Å². The Labute approximate surface area is 115 Å². The van der Waals surface area contributed by atoms with Gasteiger partial charge in [0, 0.05) is 0 Å². The van der Waals surface area contributed by atoms with Crippen molar-refractivity contribution >= 4 is 10.1 Å². The first-order valence-electron chi connectivity index (χ1n) is 6.74. The van der Waals surface area contributed by atoms with E-state index in [0.29, 0.717) is 0 Å². The molecule has 1 rings (SSSR count). The Morgan fingerprint density at radius 1 is 1.00 bits per heavy atom. The summed E-state index contributed by atoms with van der Waals surface area (Å²) in [4.78, 5) is 0.0799. The molecular weight excluding hydrogens is 264 g/mol. The number of hydrogen-bond acceptors (Lipinski definition) is 4. The number of phenolic OH excluding ortho intramolecular Hbond substituents is 1. The predicted molar refractivity (Wildman–Crippen MR) is 74.6 cm³/mol. The van der Waals surface area contributed by atoms with Gasteiger partial charge in [0.1, 0.15) is 5.75 Å². The first kappa shape index (κ1) is 16.0. The molecule has 0 bridgehead atoms. The summed E-state index contributed by atoms with van der Waals surface area (Å²) in [5.74, 6) is 0.0369. The van der Waals surface area contributed by atoms with Gasteiger partial charge in [0.05, 0.1) is 11.5 Å². The molecule has 0 atom stereocenters. The van der Waals surface area contributed by atoms with Gasteiger partial charge >= 0.3 is 0 Å². The van der Waals surface area contributed by atoms with Crippen LogP contribution in [0.4, 0.5) is 0 Å². The van der Waals surface area contributed by atoms with Crippen LogP contribution >= 0.6 is 0 Å². The van der Waals surface area contributed by atoms with E-state index in [9.17, 15) is 8.42 Å². The van der Waals surface area contributed by atoms with Gasteiger partial charge in [-0.2, -0.15) is 8.42 Å². The number of aromatic hydroxyl groups is 1. The number of unbranched alkanes of at least 4 members (excludes halogenated alkanes) is 5. The highest BCUT2D eigenvalue weighted by Gasteiger charge is 2.14. The number of phenols is 1. The summed E-state index contributed by atoms with van der Waals surface area (Å²) in [5, 5.41) is 9.10.